The van der Waals surface area contributed by atoms with Crippen LogP contribution < -0.4 is 5.32 Å². The molecule has 0 aliphatic carbocycles. The van der Waals surface area contributed by atoms with Gasteiger partial charge >= 0.3 is 0 Å². The van der Waals surface area contributed by atoms with E-state index in [1.807, 2.05) is 60.5 Å². The first-order valence-corrected chi connectivity index (χ1v) is 8.41. The summed E-state index contributed by atoms with van der Waals surface area (Å²) in [4.78, 5) is 16.1. The van der Waals surface area contributed by atoms with Crippen LogP contribution in [0.25, 0.3) is 5.69 Å². The molecule has 130 valence electrons. The van der Waals surface area contributed by atoms with Gasteiger partial charge in [0.25, 0.3) is 0 Å². The van der Waals surface area contributed by atoms with Gasteiger partial charge in [-0.2, -0.15) is 5.10 Å². The molecular formula is C19H23N5O. The highest BCUT2D eigenvalue weighted by atomic mass is 16.1. The topological polar surface area (TPSA) is 64.7 Å². The highest BCUT2D eigenvalue weighted by Crippen LogP contribution is 2.17. The zero-order valence-corrected chi connectivity index (χ0v) is 14.8. The third-order valence-corrected chi connectivity index (χ3v) is 4.18. The van der Waals surface area contributed by atoms with Crippen LogP contribution in [0.5, 0.6) is 0 Å². The van der Waals surface area contributed by atoms with Gasteiger partial charge < -0.3 is 9.88 Å². The number of carbonyl (C=O) groups is 1. The first-order valence-electron chi connectivity index (χ1n) is 8.41. The first-order chi connectivity index (χ1) is 12.0. The van der Waals surface area contributed by atoms with Crippen LogP contribution in [0, 0.1) is 13.8 Å². The normalized spacial score (nSPS) is 12.1. The zero-order chi connectivity index (χ0) is 17.8. The summed E-state index contributed by atoms with van der Waals surface area (Å²) < 4.78 is 3.82. The van der Waals surface area contributed by atoms with E-state index in [0.717, 1.165) is 22.6 Å². The lowest BCUT2D eigenvalue weighted by Gasteiger charge is -2.15. The largest absolute Gasteiger partial charge is 0.350 e. The maximum absolute atomic E-state index is 12.1. The summed E-state index contributed by atoms with van der Waals surface area (Å²) in [5.41, 5.74) is 4.19. The molecule has 3 aromatic rings. The van der Waals surface area contributed by atoms with E-state index in [0.29, 0.717) is 13.0 Å². The maximum atomic E-state index is 12.1. The minimum Gasteiger partial charge on any atom is -0.350 e. The van der Waals surface area contributed by atoms with Crippen LogP contribution in [0.2, 0.25) is 0 Å². The van der Waals surface area contributed by atoms with Crippen LogP contribution in [0.3, 0.4) is 0 Å². The number of aryl methyl sites for hydroxylation is 3. The van der Waals surface area contributed by atoms with Crippen LogP contribution in [0.4, 0.5) is 0 Å². The Kier molecular flexibility index (Phi) is 4.97. The van der Waals surface area contributed by atoms with E-state index in [4.69, 9.17) is 0 Å². The summed E-state index contributed by atoms with van der Waals surface area (Å²) in [5, 5.41) is 7.53. The van der Waals surface area contributed by atoms with E-state index in [1.165, 1.54) is 0 Å². The molecule has 2 heterocycles. The van der Waals surface area contributed by atoms with Crippen molar-refractivity contribution in [1.82, 2.24) is 24.6 Å². The van der Waals surface area contributed by atoms with Crippen LogP contribution in [-0.2, 0) is 11.3 Å². The summed E-state index contributed by atoms with van der Waals surface area (Å²) >= 11 is 0. The highest BCUT2D eigenvalue weighted by molar-refractivity contribution is 5.76. The predicted octanol–water partition coefficient (Wildman–Crippen LogP) is 2.95. The third-order valence-electron chi connectivity index (χ3n) is 4.18. The Bertz CT molecular complexity index is 833. The lowest BCUT2D eigenvalue weighted by Crippen LogP contribution is -2.27. The Morgan fingerprint density at radius 1 is 1.24 bits per heavy atom. The quantitative estimate of drug-likeness (QED) is 0.752. The molecule has 0 bridgehead atoms. The summed E-state index contributed by atoms with van der Waals surface area (Å²) in [6, 6.07) is 10.1. The first kappa shape index (κ1) is 17.0. The summed E-state index contributed by atoms with van der Waals surface area (Å²) in [7, 11) is 0. The molecule has 2 aromatic heterocycles. The molecule has 0 unspecified atom stereocenters. The van der Waals surface area contributed by atoms with Crippen molar-refractivity contribution >= 4 is 5.91 Å². The van der Waals surface area contributed by atoms with Gasteiger partial charge in [-0.05, 0) is 44.5 Å². The lowest BCUT2D eigenvalue weighted by molar-refractivity contribution is -0.121. The average Bonchev–Trinajstić information content (AvgIpc) is 3.22. The van der Waals surface area contributed by atoms with Crippen LogP contribution in [0.15, 0.2) is 49.1 Å². The van der Waals surface area contributed by atoms with E-state index < -0.39 is 0 Å². The van der Waals surface area contributed by atoms with Crippen molar-refractivity contribution in [1.29, 1.82) is 0 Å². The molecule has 6 nitrogen and oxygen atoms in total. The molecule has 1 atom stereocenters. The van der Waals surface area contributed by atoms with Crippen molar-refractivity contribution < 1.29 is 4.79 Å². The number of hydrogen-bond acceptors (Lipinski definition) is 3. The van der Waals surface area contributed by atoms with Gasteiger partial charge in [0.2, 0.25) is 5.91 Å². The molecule has 1 amide bonds. The van der Waals surface area contributed by atoms with Gasteiger partial charge in [0.15, 0.2) is 0 Å². The fraction of sp³-hybridized carbons (Fsp3) is 0.316. The molecule has 0 radical (unpaired) electrons. The van der Waals surface area contributed by atoms with Gasteiger partial charge in [-0.15, -0.1) is 0 Å². The smallest absolute Gasteiger partial charge is 0.222 e. The number of aromatic nitrogens is 4. The van der Waals surface area contributed by atoms with Gasteiger partial charge in [0, 0.05) is 31.1 Å². The van der Waals surface area contributed by atoms with E-state index >= 15 is 0 Å². The molecule has 1 N–H and O–H groups in total. The average molecular weight is 337 g/mol. The molecule has 0 spiro atoms. The molecule has 0 saturated carbocycles. The van der Waals surface area contributed by atoms with Crippen molar-refractivity contribution in [3.05, 3.63) is 66.0 Å². The molecule has 3 rings (SSSR count). The van der Waals surface area contributed by atoms with Crippen molar-refractivity contribution in [2.24, 2.45) is 0 Å². The Hall–Kier alpha value is -2.89. The van der Waals surface area contributed by atoms with Gasteiger partial charge in [0.05, 0.1) is 23.8 Å². The summed E-state index contributed by atoms with van der Waals surface area (Å²) in [5.74, 6) is 0.0313. The number of nitrogens with one attached hydrogen (secondary N) is 1. The maximum Gasteiger partial charge on any atom is 0.222 e. The van der Waals surface area contributed by atoms with Crippen molar-refractivity contribution in [2.75, 3.05) is 0 Å². The summed E-state index contributed by atoms with van der Waals surface area (Å²) in [6.45, 7) is 6.65. The fourth-order valence-corrected chi connectivity index (χ4v) is 2.84. The Labute approximate surface area is 147 Å². The highest BCUT2D eigenvalue weighted by Gasteiger charge is 2.10. The van der Waals surface area contributed by atoms with Crippen LogP contribution in [0.1, 0.15) is 36.3 Å². The second-order valence-electron chi connectivity index (χ2n) is 6.27. The molecule has 0 aliphatic heterocycles. The minimum atomic E-state index is -0.0372. The van der Waals surface area contributed by atoms with E-state index in [2.05, 4.69) is 21.5 Å². The number of amides is 1. The van der Waals surface area contributed by atoms with Gasteiger partial charge in [-0.25, -0.2) is 9.67 Å². The van der Waals surface area contributed by atoms with E-state index in [9.17, 15) is 4.79 Å². The number of hydrogen-bond donors (Lipinski definition) is 1. The van der Waals surface area contributed by atoms with Gasteiger partial charge in [-0.3, -0.25) is 4.79 Å². The second kappa shape index (κ2) is 7.34. The number of benzene rings is 1. The Balaban J connectivity index is 1.59. The van der Waals surface area contributed by atoms with E-state index in [1.54, 1.807) is 12.5 Å². The van der Waals surface area contributed by atoms with Gasteiger partial charge in [0.1, 0.15) is 0 Å². The standard InChI is InChI=1S/C19H23N5O/c1-14-12-15(2)24(22-14)18-6-4-17(5-7-18)16(3)21-19(25)8-10-23-11-9-20-13-23/h4-7,9,11-13,16H,8,10H2,1-3H3,(H,21,25)/t16-/m0/s1. The van der Waals surface area contributed by atoms with Crippen molar-refractivity contribution in [2.45, 2.75) is 39.8 Å². The molecule has 6 heteroatoms. The van der Waals surface area contributed by atoms with Gasteiger partial charge in [-0.1, -0.05) is 12.1 Å². The molecule has 1 aromatic carbocycles. The third kappa shape index (κ3) is 4.15. The lowest BCUT2D eigenvalue weighted by atomic mass is 10.1. The minimum absolute atomic E-state index is 0.0313. The number of rotatable bonds is 6. The predicted molar refractivity (Wildman–Crippen MR) is 96.4 cm³/mol. The molecular weight excluding hydrogens is 314 g/mol. The molecule has 0 saturated heterocycles. The molecule has 0 aliphatic rings. The zero-order valence-electron chi connectivity index (χ0n) is 14.8. The number of imidazole rings is 1. The van der Waals surface area contributed by atoms with Crippen molar-refractivity contribution in [3.8, 4) is 5.69 Å². The SMILES string of the molecule is Cc1cc(C)n(-c2ccc([C@H](C)NC(=O)CCn3ccnc3)cc2)n1. The van der Waals surface area contributed by atoms with Crippen LogP contribution in [-0.4, -0.2) is 25.2 Å². The summed E-state index contributed by atoms with van der Waals surface area (Å²) in [6.07, 6.45) is 5.72. The monoisotopic (exact) mass is 337 g/mol. The Morgan fingerprint density at radius 3 is 2.60 bits per heavy atom. The van der Waals surface area contributed by atoms with E-state index in [-0.39, 0.29) is 11.9 Å². The number of nitrogens with zero attached hydrogens (tertiary/aromatic N) is 4. The molecule has 25 heavy (non-hydrogen) atoms. The molecule has 0 fully saturated rings. The second-order valence-corrected chi connectivity index (χ2v) is 6.27. The number of carbonyl (C=O) groups excluding carboxylic acids is 1. The Morgan fingerprint density at radius 2 is 2.00 bits per heavy atom. The van der Waals surface area contributed by atoms with Crippen molar-refractivity contribution in [3.63, 3.8) is 0 Å². The van der Waals surface area contributed by atoms with Crippen LogP contribution >= 0.6 is 0 Å². The fourth-order valence-electron chi connectivity index (χ4n) is 2.84.